The Kier molecular flexibility index (Phi) is 5.99. The molecule has 0 radical (unpaired) electrons. The number of benzene rings is 1. The minimum Gasteiger partial charge on any atom is -0.306 e. The standard InChI is InChI=1S/C19H16F5N5O/c1-3-29-10(2)11(8-25-29)4-5-14(30)26-13-6-7-28(27-13)9-12-15(20)17(22)19(24)18(23)16(12)21/h4-8H,3,9H2,1-2H3,(H,26,27,30)/b5-4+. The van der Waals surface area contributed by atoms with Gasteiger partial charge in [-0.25, -0.2) is 22.0 Å². The molecule has 1 N–H and O–H groups in total. The number of rotatable bonds is 6. The lowest BCUT2D eigenvalue weighted by molar-refractivity contribution is -0.111. The summed E-state index contributed by atoms with van der Waals surface area (Å²) in [7, 11) is 0. The number of nitrogens with one attached hydrogen (secondary N) is 1. The first-order valence-corrected chi connectivity index (χ1v) is 8.78. The van der Waals surface area contributed by atoms with E-state index in [0.29, 0.717) is 6.54 Å². The van der Waals surface area contributed by atoms with Crippen LogP contribution in [0.15, 0.2) is 24.5 Å². The van der Waals surface area contributed by atoms with Gasteiger partial charge in [-0.1, -0.05) is 0 Å². The maximum atomic E-state index is 13.8. The lowest BCUT2D eigenvalue weighted by Crippen LogP contribution is -2.12. The Labute approximate surface area is 167 Å². The van der Waals surface area contributed by atoms with Crippen molar-refractivity contribution in [3.05, 3.63) is 70.4 Å². The molecule has 1 amide bonds. The van der Waals surface area contributed by atoms with E-state index in [9.17, 15) is 26.7 Å². The van der Waals surface area contributed by atoms with Gasteiger partial charge in [-0.15, -0.1) is 0 Å². The predicted molar refractivity (Wildman–Crippen MR) is 97.9 cm³/mol. The van der Waals surface area contributed by atoms with E-state index < -0.39 is 47.1 Å². The lowest BCUT2D eigenvalue weighted by Gasteiger charge is -2.08. The predicted octanol–water partition coefficient (Wildman–Crippen LogP) is 3.80. The molecule has 158 valence electrons. The highest BCUT2D eigenvalue weighted by Crippen LogP contribution is 2.23. The third-order valence-corrected chi connectivity index (χ3v) is 4.37. The zero-order valence-electron chi connectivity index (χ0n) is 15.9. The minimum atomic E-state index is -2.23. The molecule has 1 aromatic carbocycles. The molecule has 0 bridgehead atoms. The molecule has 0 saturated heterocycles. The zero-order chi connectivity index (χ0) is 22.0. The summed E-state index contributed by atoms with van der Waals surface area (Å²) in [6, 6.07) is 1.32. The number of amides is 1. The van der Waals surface area contributed by atoms with E-state index in [1.807, 2.05) is 13.8 Å². The van der Waals surface area contributed by atoms with E-state index >= 15 is 0 Å². The van der Waals surface area contributed by atoms with Gasteiger partial charge in [-0.2, -0.15) is 10.2 Å². The normalized spacial score (nSPS) is 11.4. The molecule has 0 unspecified atom stereocenters. The molecule has 2 heterocycles. The Balaban J connectivity index is 1.71. The van der Waals surface area contributed by atoms with Crippen molar-refractivity contribution in [2.45, 2.75) is 26.9 Å². The maximum Gasteiger partial charge on any atom is 0.249 e. The van der Waals surface area contributed by atoms with Crippen LogP contribution in [-0.4, -0.2) is 25.5 Å². The molecule has 0 aliphatic rings. The molecule has 6 nitrogen and oxygen atoms in total. The highest BCUT2D eigenvalue weighted by atomic mass is 19.2. The van der Waals surface area contributed by atoms with E-state index in [2.05, 4.69) is 15.5 Å². The van der Waals surface area contributed by atoms with Crippen molar-refractivity contribution in [2.75, 3.05) is 5.32 Å². The number of anilines is 1. The van der Waals surface area contributed by atoms with Crippen LogP contribution in [0.5, 0.6) is 0 Å². The number of nitrogens with zero attached hydrogens (tertiary/aromatic N) is 4. The Morgan fingerprint density at radius 2 is 1.73 bits per heavy atom. The largest absolute Gasteiger partial charge is 0.306 e. The van der Waals surface area contributed by atoms with Crippen molar-refractivity contribution in [1.29, 1.82) is 0 Å². The summed E-state index contributed by atoms with van der Waals surface area (Å²) >= 11 is 0. The highest BCUT2D eigenvalue weighted by molar-refractivity contribution is 6.01. The molecule has 3 rings (SSSR count). The monoisotopic (exact) mass is 425 g/mol. The number of halogens is 5. The third-order valence-electron chi connectivity index (χ3n) is 4.37. The molecule has 0 saturated carbocycles. The van der Waals surface area contributed by atoms with Gasteiger partial charge in [0.2, 0.25) is 11.7 Å². The maximum absolute atomic E-state index is 13.8. The van der Waals surface area contributed by atoms with Gasteiger partial charge in [-0.05, 0) is 19.9 Å². The molecule has 0 spiro atoms. The van der Waals surface area contributed by atoms with Crippen LogP contribution in [0, 0.1) is 36.0 Å². The fraction of sp³-hybridized carbons (Fsp3) is 0.211. The van der Waals surface area contributed by atoms with Crippen LogP contribution in [0.3, 0.4) is 0 Å². The third kappa shape index (κ3) is 4.09. The van der Waals surface area contributed by atoms with Crippen molar-refractivity contribution >= 4 is 17.8 Å². The molecule has 0 fully saturated rings. The van der Waals surface area contributed by atoms with Gasteiger partial charge in [0.1, 0.15) is 0 Å². The Morgan fingerprint density at radius 1 is 1.10 bits per heavy atom. The van der Waals surface area contributed by atoms with Crippen LogP contribution in [0.25, 0.3) is 6.08 Å². The number of aromatic nitrogens is 4. The van der Waals surface area contributed by atoms with Gasteiger partial charge in [0, 0.05) is 36.1 Å². The van der Waals surface area contributed by atoms with Crippen molar-refractivity contribution in [1.82, 2.24) is 19.6 Å². The average molecular weight is 425 g/mol. The number of hydrogen-bond donors (Lipinski definition) is 1. The van der Waals surface area contributed by atoms with Crippen molar-refractivity contribution in [3.63, 3.8) is 0 Å². The summed E-state index contributed by atoms with van der Waals surface area (Å²) in [6.45, 7) is 3.76. The quantitative estimate of drug-likeness (QED) is 0.283. The van der Waals surface area contributed by atoms with Crippen LogP contribution in [0.1, 0.15) is 23.7 Å². The lowest BCUT2D eigenvalue weighted by atomic mass is 10.1. The summed E-state index contributed by atoms with van der Waals surface area (Å²) < 4.78 is 70.0. The van der Waals surface area contributed by atoms with Crippen molar-refractivity contribution < 1.29 is 26.7 Å². The van der Waals surface area contributed by atoms with Crippen LogP contribution < -0.4 is 5.32 Å². The molecule has 3 aromatic rings. The van der Waals surface area contributed by atoms with Gasteiger partial charge in [-0.3, -0.25) is 14.2 Å². The van der Waals surface area contributed by atoms with Crippen LogP contribution >= 0.6 is 0 Å². The van der Waals surface area contributed by atoms with Gasteiger partial charge in [0.05, 0.1) is 18.3 Å². The van der Waals surface area contributed by atoms with E-state index in [4.69, 9.17) is 0 Å². The summed E-state index contributed by atoms with van der Waals surface area (Å²) in [6.07, 6.45) is 5.66. The Hall–Kier alpha value is -3.50. The van der Waals surface area contributed by atoms with E-state index in [-0.39, 0.29) is 5.82 Å². The first-order chi connectivity index (χ1) is 14.2. The van der Waals surface area contributed by atoms with E-state index in [0.717, 1.165) is 15.9 Å². The fourth-order valence-electron chi connectivity index (χ4n) is 2.74. The fourth-order valence-corrected chi connectivity index (χ4v) is 2.74. The Bertz CT molecular complexity index is 1110. The number of carbonyl (C=O) groups is 1. The van der Waals surface area contributed by atoms with Gasteiger partial charge in [0.25, 0.3) is 0 Å². The molecular formula is C19H16F5N5O. The smallest absolute Gasteiger partial charge is 0.249 e. The summed E-state index contributed by atoms with van der Waals surface area (Å²) in [5.41, 5.74) is 0.605. The topological polar surface area (TPSA) is 64.7 Å². The minimum absolute atomic E-state index is 0.0366. The van der Waals surface area contributed by atoms with E-state index in [1.165, 1.54) is 18.3 Å². The summed E-state index contributed by atoms with van der Waals surface area (Å²) in [5.74, 6) is -10.6. The number of aryl methyl sites for hydroxylation is 1. The summed E-state index contributed by atoms with van der Waals surface area (Å²) in [5, 5.41) is 10.5. The molecule has 30 heavy (non-hydrogen) atoms. The first-order valence-electron chi connectivity index (χ1n) is 8.78. The second kappa shape index (κ2) is 8.47. The van der Waals surface area contributed by atoms with Crippen LogP contribution in [0.2, 0.25) is 0 Å². The van der Waals surface area contributed by atoms with Crippen LogP contribution in [0.4, 0.5) is 27.8 Å². The molecule has 0 atom stereocenters. The molecular weight excluding hydrogens is 409 g/mol. The number of carbonyl (C=O) groups excluding carboxylic acids is 1. The molecule has 0 aliphatic carbocycles. The van der Waals surface area contributed by atoms with Gasteiger partial charge in [0.15, 0.2) is 29.1 Å². The second-order valence-electron chi connectivity index (χ2n) is 6.27. The van der Waals surface area contributed by atoms with Crippen molar-refractivity contribution in [3.8, 4) is 0 Å². The highest BCUT2D eigenvalue weighted by Gasteiger charge is 2.25. The molecule has 0 aliphatic heterocycles. The molecule has 11 heteroatoms. The number of hydrogen-bond acceptors (Lipinski definition) is 3. The van der Waals surface area contributed by atoms with Crippen LogP contribution in [-0.2, 0) is 17.9 Å². The van der Waals surface area contributed by atoms with E-state index in [1.54, 1.807) is 17.0 Å². The zero-order valence-corrected chi connectivity index (χ0v) is 15.9. The second-order valence-corrected chi connectivity index (χ2v) is 6.27. The Morgan fingerprint density at radius 3 is 2.33 bits per heavy atom. The average Bonchev–Trinajstić information content (AvgIpc) is 3.32. The molecule has 2 aromatic heterocycles. The first kappa shape index (κ1) is 21.2. The SMILES string of the molecule is CCn1ncc(/C=C/C(=O)Nc2ccn(Cc3c(F)c(F)c(F)c(F)c3F)n2)c1C. The van der Waals surface area contributed by atoms with Gasteiger partial charge < -0.3 is 5.32 Å². The van der Waals surface area contributed by atoms with Crippen molar-refractivity contribution in [2.24, 2.45) is 0 Å². The van der Waals surface area contributed by atoms with Gasteiger partial charge >= 0.3 is 0 Å². The summed E-state index contributed by atoms with van der Waals surface area (Å²) in [4.78, 5) is 12.0.